The molecule has 1 N–H and O–H groups in total. The van der Waals surface area contributed by atoms with Gasteiger partial charge in [0.05, 0.1) is 11.7 Å². The Hall–Kier alpha value is -3.12. The molecule has 0 saturated carbocycles. The van der Waals surface area contributed by atoms with Crippen LogP contribution in [0.15, 0.2) is 82.6 Å². The molecule has 0 saturated heterocycles. The number of para-hydroxylation sites is 2. The number of pyridine rings is 1. The summed E-state index contributed by atoms with van der Waals surface area (Å²) in [4.78, 5) is 21.6. The first-order chi connectivity index (χ1) is 13.7. The van der Waals surface area contributed by atoms with Crippen LogP contribution in [0.25, 0.3) is 11.1 Å². The van der Waals surface area contributed by atoms with Gasteiger partial charge in [0.2, 0.25) is 0 Å². The molecule has 140 valence electrons. The SMILES string of the molecule is CC(NC(=O)c1ccccc1CSc1nc2ccccc2o1)c1ccccn1. The topological polar surface area (TPSA) is 68.0 Å². The number of thioether (sulfide) groups is 1. The molecule has 6 heteroatoms. The first-order valence-corrected chi connectivity index (χ1v) is 9.97. The highest BCUT2D eigenvalue weighted by molar-refractivity contribution is 7.98. The van der Waals surface area contributed by atoms with Crippen molar-refractivity contribution < 1.29 is 9.21 Å². The van der Waals surface area contributed by atoms with Gasteiger partial charge in [0.15, 0.2) is 5.58 Å². The van der Waals surface area contributed by atoms with E-state index >= 15 is 0 Å². The van der Waals surface area contributed by atoms with E-state index in [2.05, 4.69) is 15.3 Å². The summed E-state index contributed by atoms with van der Waals surface area (Å²) in [7, 11) is 0. The van der Waals surface area contributed by atoms with E-state index in [0.717, 1.165) is 22.4 Å². The standard InChI is InChI=1S/C22H19N3O2S/c1-15(18-10-6-7-13-23-18)24-21(26)17-9-3-2-8-16(17)14-28-22-25-19-11-4-5-12-20(19)27-22/h2-13,15H,14H2,1H3,(H,24,26). The van der Waals surface area contributed by atoms with Crippen LogP contribution in [0, 0.1) is 0 Å². The van der Waals surface area contributed by atoms with Crippen molar-refractivity contribution in [3.05, 3.63) is 89.7 Å². The molecule has 1 unspecified atom stereocenters. The van der Waals surface area contributed by atoms with Gasteiger partial charge in [0.1, 0.15) is 5.52 Å². The van der Waals surface area contributed by atoms with Crippen LogP contribution in [0.5, 0.6) is 0 Å². The quantitative estimate of drug-likeness (QED) is 0.470. The number of amides is 1. The van der Waals surface area contributed by atoms with Gasteiger partial charge >= 0.3 is 0 Å². The maximum absolute atomic E-state index is 12.8. The van der Waals surface area contributed by atoms with Gasteiger partial charge in [-0.1, -0.05) is 48.2 Å². The van der Waals surface area contributed by atoms with Crippen LogP contribution in [-0.4, -0.2) is 15.9 Å². The molecule has 0 fully saturated rings. The Bertz CT molecular complexity index is 1060. The summed E-state index contributed by atoms with van der Waals surface area (Å²) in [6, 6.07) is 20.8. The number of hydrogen-bond acceptors (Lipinski definition) is 5. The third kappa shape index (κ3) is 4.07. The Kier molecular flexibility index (Phi) is 5.39. The molecule has 4 aromatic rings. The molecule has 28 heavy (non-hydrogen) atoms. The lowest BCUT2D eigenvalue weighted by Crippen LogP contribution is -2.28. The molecule has 5 nitrogen and oxygen atoms in total. The molecule has 1 atom stereocenters. The summed E-state index contributed by atoms with van der Waals surface area (Å²) in [5, 5.41) is 3.62. The summed E-state index contributed by atoms with van der Waals surface area (Å²) < 4.78 is 5.76. The molecular formula is C22H19N3O2S. The van der Waals surface area contributed by atoms with Crippen LogP contribution in [0.4, 0.5) is 0 Å². The number of oxazole rings is 1. The number of rotatable bonds is 6. The lowest BCUT2D eigenvalue weighted by molar-refractivity contribution is 0.0938. The minimum absolute atomic E-state index is 0.119. The molecule has 0 spiro atoms. The highest BCUT2D eigenvalue weighted by Crippen LogP contribution is 2.27. The predicted octanol–water partition coefficient (Wildman–Crippen LogP) is 5.01. The summed E-state index contributed by atoms with van der Waals surface area (Å²) in [5.41, 5.74) is 4.00. The fourth-order valence-corrected chi connectivity index (χ4v) is 3.74. The summed E-state index contributed by atoms with van der Waals surface area (Å²) >= 11 is 1.48. The van der Waals surface area contributed by atoms with Gasteiger partial charge in [-0.05, 0) is 42.8 Å². The molecule has 0 radical (unpaired) electrons. The molecule has 4 rings (SSSR count). The second kappa shape index (κ2) is 8.27. The molecule has 2 aromatic carbocycles. The third-order valence-electron chi connectivity index (χ3n) is 4.37. The predicted molar refractivity (Wildman–Crippen MR) is 110 cm³/mol. The molecule has 0 bridgehead atoms. The zero-order chi connectivity index (χ0) is 19.3. The Morgan fingerprint density at radius 1 is 1.07 bits per heavy atom. The lowest BCUT2D eigenvalue weighted by Gasteiger charge is -2.15. The summed E-state index contributed by atoms with van der Waals surface area (Å²) in [6.07, 6.45) is 1.73. The van der Waals surface area contributed by atoms with Gasteiger partial charge in [0, 0.05) is 17.5 Å². The van der Waals surface area contributed by atoms with E-state index in [4.69, 9.17) is 4.42 Å². The number of hydrogen-bond donors (Lipinski definition) is 1. The fourth-order valence-electron chi connectivity index (χ4n) is 2.90. The van der Waals surface area contributed by atoms with Gasteiger partial charge < -0.3 is 9.73 Å². The van der Waals surface area contributed by atoms with Crippen LogP contribution in [0.2, 0.25) is 0 Å². The largest absolute Gasteiger partial charge is 0.431 e. The number of aromatic nitrogens is 2. The van der Waals surface area contributed by atoms with Gasteiger partial charge in [-0.15, -0.1) is 0 Å². The van der Waals surface area contributed by atoms with E-state index in [9.17, 15) is 4.79 Å². The normalized spacial score (nSPS) is 12.0. The van der Waals surface area contributed by atoms with Crippen molar-refractivity contribution in [2.24, 2.45) is 0 Å². The minimum Gasteiger partial charge on any atom is -0.431 e. The zero-order valence-electron chi connectivity index (χ0n) is 15.3. The van der Waals surface area contributed by atoms with E-state index in [-0.39, 0.29) is 11.9 Å². The average molecular weight is 389 g/mol. The van der Waals surface area contributed by atoms with Gasteiger partial charge in [-0.2, -0.15) is 0 Å². The molecule has 1 amide bonds. The highest BCUT2D eigenvalue weighted by atomic mass is 32.2. The Labute approximate surface area is 167 Å². The van der Waals surface area contributed by atoms with Crippen molar-refractivity contribution in [1.29, 1.82) is 0 Å². The zero-order valence-corrected chi connectivity index (χ0v) is 16.1. The molecule has 2 heterocycles. The summed E-state index contributed by atoms with van der Waals surface area (Å²) in [6.45, 7) is 1.93. The lowest BCUT2D eigenvalue weighted by atomic mass is 10.1. The molecule has 0 aliphatic carbocycles. The van der Waals surface area contributed by atoms with Gasteiger partial charge in [-0.3, -0.25) is 9.78 Å². The summed E-state index contributed by atoms with van der Waals surface area (Å²) in [5.74, 6) is 0.473. The van der Waals surface area contributed by atoms with Crippen molar-refractivity contribution >= 4 is 28.8 Å². The fraction of sp³-hybridized carbons (Fsp3) is 0.136. The maximum Gasteiger partial charge on any atom is 0.257 e. The Morgan fingerprint density at radius 2 is 1.86 bits per heavy atom. The second-order valence-corrected chi connectivity index (χ2v) is 7.27. The van der Waals surface area contributed by atoms with Crippen molar-refractivity contribution in [2.75, 3.05) is 0 Å². The number of nitrogens with one attached hydrogen (secondary N) is 1. The second-order valence-electron chi connectivity index (χ2n) is 6.34. The van der Waals surface area contributed by atoms with E-state index in [0.29, 0.717) is 16.5 Å². The maximum atomic E-state index is 12.8. The number of carbonyl (C=O) groups is 1. The van der Waals surface area contributed by atoms with Crippen molar-refractivity contribution in [3.8, 4) is 0 Å². The molecule has 0 aliphatic heterocycles. The third-order valence-corrected chi connectivity index (χ3v) is 5.24. The van der Waals surface area contributed by atoms with Crippen molar-refractivity contribution in [1.82, 2.24) is 15.3 Å². The van der Waals surface area contributed by atoms with E-state index in [1.165, 1.54) is 11.8 Å². The van der Waals surface area contributed by atoms with Crippen molar-refractivity contribution in [2.45, 2.75) is 23.9 Å². The van der Waals surface area contributed by atoms with E-state index in [1.807, 2.05) is 73.7 Å². The molecule has 0 aliphatic rings. The molecular weight excluding hydrogens is 370 g/mol. The van der Waals surface area contributed by atoms with Crippen LogP contribution in [0.3, 0.4) is 0 Å². The van der Waals surface area contributed by atoms with Crippen LogP contribution in [0.1, 0.15) is 34.6 Å². The monoisotopic (exact) mass is 389 g/mol. The smallest absolute Gasteiger partial charge is 0.257 e. The number of benzene rings is 2. The first-order valence-electron chi connectivity index (χ1n) is 8.99. The molecule has 2 aromatic heterocycles. The number of nitrogens with zero attached hydrogens (tertiary/aromatic N) is 2. The highest BCUT2D eigenvalue weighted by Gasteiger charge is 2.16. The van der Waals surface area contributed by atoms with E-state index < -0.39 is 0 Å². The first kappa shape index (κ1) is 18.3. The number of carbonyl (C=O) groups excluding carboxylic acids is 1. The van der Waals surface area contributed by atoms with Crippen LogP contribution >= 0.6 is 11.8 Å². The van der Waals surface area contributed by atoms with Gasteiger partial charge in [-0.25, -0.2) is 4.98 Å². The van der Waals surface area contributed by atoms with Crippen LogP contribution < -0.4 is 5.32 Å². The Morgan fingerprint density at radius 3 is 2.68 bits per heavy atom. The Balaban J connectivity index is 1.47. The minimum atomic E-state index is -0.175. The number of fused-ring (bicyclic) bond motifs is 1. The van der Waals surface area contributed by atoms with Gasteiger partial charge in [0.25, 0.3) is 11.1 Å². The van der Waals surface area contributed by atoms with Crippen LogP contribution in [-0.2, 0) is 5.75 Å². The average Bonchev–Trinajstić information content (AvgIpc) is 3.16. The van der Waals surface area contributed by atoms with E-state index in [1.54, 1.807) is 6.20 Å². The van der Waals surface area contributed by atoms with Crippen molar-refractivity contribution in [3.63, 3.8) is 0 Å².